The Hall–Kier alpha value is -3.29. The topological polar surface area (TPSA) is 98.0 Å². The normalized spacial score (nSPS) is 11.0. The summed E-state index contributed by atoms with van der Waals surface area (Å²) in [6.45, 7) is 5.51. The highest BCUT2D eigenvalue weighted by Gasteiger charge is 2.07. The minimum Gasteiger partial charge on any atom is -0.493 e. The third-order valence-electron chi connectivity index (χ3n) is 3.64. The Bertz CT molecular complexity index is 791. The molecular formula is C19H24N4O4. The largest absolute Gasteiger partial charge is 0.493 e. The van der Waals surface area contributed by atoms with Gasteiger partial charge in [0.15, 0.2) is 17.5 Å². The second kappa shape index (κ2) is 10.0. The van der Waals surface area contributed by atoms with E-state index in [0.29, 0.717) is 37.2 Å². The van der Waals surface area contributed by atoms with Crippen LogP contribution in [0.25, 0.3) is 0 Å². The Kier molecular flexibility index (Phi) is 7.42. The zero-order chi connectivity index (χ0) is 19.6. The van der Waals surface area contributed by atoms with E-state index < -0.39 is 4.92 Å². The quantitative estimate of drug-likeness (QED) is 0.318. The number of anilines is 1. The summed E-state index contributed by atoms with van der Waals surface area (Å²) in [6.07, 6.45) is 0. The summed E-state index contributed by atoms with van der Waals surface area (Å²) in [7, 11) is 1.60. The van der Waals surface area contributed by atoms with Gasteiger partial charge in [-0.2, -0.15) is 0 Å². The molecule has 0 aromatic heterocycles. The zero-order valence-corrected chi connectivity index (χ0v) is 15.7. The molecule has 0 atom stereocenters. The van der Waals surface area contributed by atoms with E-state index in [0.717, 1.165) is 11.3 Å². The van der Waals surface area contributed by atoms with Gasteiger partial charge in [0.25, 0.3) is 5.69 Å². The fraction of sp³-hybridized carbons (Fsp3) is 0.316. The fourth-order valence-electron chi connectivity index (χ4n) is 2.36. The van der Waals surface area contributed by atoms with Crippen LogP contribution in [-0.4, -0.2) is 31.1 Å². The van der Waals surface area contributed by atoms with Crippen molar-refractivity contribution in [3.8, 4) is 11.5 Å². The number of hydrogen-bond donors (Lipinski definition) is 2. The number of benzene rings is 2. The van der Waals surface area contributed by atoms with Crippen molar-refractivity contribution in [1.29, 1.82) is 0 Å². The van der Waals surface area contributed by atoms with E-state index in [1.165, 1.54) is 12.1 Å². The molecule has 2 aromatic carbocycles. The summed E-state index contributed by atoms with van der Waals surface area (Å²) in [4.78, 5) is 14.8. The van der Waals surface area contributed by atoms with E-state index in [2.05, 4.69) is 15.6 Å². The molecule has 2 rings (SSSR count). The molecule has 144 valence electrons. The first kappa shape index (κ1) is 20.0. The number of aliphatic imine (C=N–C) groups is 1. The van der Waals surface area contributed by atoms with Gasteiger partial charge in [-0.1, -0.05) is 12.1 Å². The van der Waals surface area contributed by atoms with Gasteiger partial charge in [-0.25, -0.2) is 4.99 Å². The van der Waals surface area contributed by atoms with Gasteiger partial charge in [-0.05, 0) is 31.5 Å². The van der Waals surface area contributed by atoms with Crippen LogP contribution in [0.5, 0.6) is 11.5 Å². The lowest BCUT2D eigenvalue weighted by Crippen LogP contribution is -2.30. The van der Waals surface area contributed by atoms with Crippen molar-refractivity contribution in [1.82, 2.24) is 5.32 Å². The first-order chi connectivity index (χ1) is 13.1. The Labute approximate surface area is 158 Å². The number of methoxy groups -OCH3 is 1. The number of non-ortho nitro benzene ring substituents is 1. The van der Waals surface area contributed by atoms with Gasteiger partial charge in [0, 0.05) is 30.4 Å². The van der Waals surface area contributed by atoms with Crippen LogP contribution in [0.2, 0.25) is 0 Å². The van der Waals surface area contributed by atoms with Crippen LogP contribution < -0.4 is 20.1 Å². The number of ether oxygens (including phenoxy) is 2. The van der Waals surface area contributed by atoms with E-state index in [4.69, 9.17) is 9.47 Å². The van der Waals surface area contributed by atoms with Crippen molar-refractivity contribution in [2.75, 3.05) is 25.6 Å². The predicted octanol–water partition coefficient (Wildman–Crippen LogP) is 3.58. The zero-order valence-electron chi connectivity index (χ0n) is 15.7. The molecule has 0 unspecified atom stereocenters. The van der Waals surface area contributed by atoms with Crippen LogP contribution in [-0.2, 0) is 6.54 Å². The summed E-state index contributed by atoms with van der Waals surface area (Å²) in [5, 5.41) is 17.1. The van der Waals surface area contributed by atoms with E-state index >= 15 is 0 Å². The molecule has 0 bridgehead atoms. The van der Waals surface area contributed by atoms with E-state index in [9.17, 15) is 10.1 Å². The third kappa shape index (κ3) is 5.88. The number of guanidine groups is 1. The summed E-state index contributed by atoms with van der Waals surface area (Å²) in [5.41, 5.74) is 1.75. The molecule has 0 amide bonds. The van der Waals surface area contributed by atoms with E-state index in [1.807, 2.05) is 32.0 Å². The molecule has 0 radical (unpaired) electrons. The molecule has 8 heteroatoms. The highest BCUT2D eigenvalue weighted by atomic mass is 16.6. The molecule has 27 heavy (non-hydrogen) atoms. The van der Waals surface area contributed by atoms with Crippen molar-refractivity contribution in [3.05, 3.63) is 58.1 Å². The first-order valence-electron chi connectivity index (χ1n) is 8.66. The molecule has 0 spiro atoms. The van der Waals surface area contributed by atoms with Crippen molar-refractivity contribution < 1.29 is 14.4 Å². The van der Waals surface area contributed by atoms with Crippen molar-refractivity contribution in [2.24, 2.45) is 4.99 Å². The highest BCUT2D eigenvalue weighted by molar-refractivity contribution is 5.93. The van der Waals surface area contributed by atoms with Crippen LogP contribution >= 0.6 is 0 Å². The summed E-state index contributed by atoms with van der Waals surface area (Å²) in [5.74, 6) is 1.91. The van der Waals surface area contributed by atoms with Crippen molar-refractivity contribution in [2.45, 2.75) is 20.4 Å². The Morgan fingerprint density at radius 2 is 1.89 bits per heavy atom. The standard InChI is InChI=1S/C19H24N4O4/c1-4-20-19(21-13-14-6-9-16(10-7-14)23(24)25)22-15-8-11-17(26-3)18(12-15)27-5-2/h6-12H,4-5,13H2,1-3H3,(H2,20,21,22). The molecule has 0 aliphatic rings. The van der Waals surface area contributed by atoms with Gasteiger partial charge in [0.05, 0.1) is 25.2 Å². The minimum absolute atomic E-state index is 0.0643. The first-order valence-corrected chi connectivity index (χ1v) is 8.66. The number of rotatable bonds is 8. The van der Waals surface area contributed by atoms with Crippen LogP contribution in [0.1, 0.15) is 19.4 Å². The molecular weight excluding hydrogens is 348 g/mol. The molecule has 0 heterocycles. The van der Waals surface area contributed by atoms with Crippen LogP contribution in [0.4, 0.5) is 11.4 Å². The predicted molar refractivity (Wildman–Crippen MR) is 106 cm³/mol. The van der Waals surface area contributed by atoms with Gasteiger partial charge in [0.1, 0.15) is 0 Å². The second-order valence-electron chi connectivity index (χ2n) is 5.54. The Balaban J connectivity index is 2.13. The number of hydrogen-bond acceptors (Lipinski definition) is 5. The lowest BCUT2D eigenvalue weighted by Gasteiger charge is -2.14. The van der Waals surface area contributed by atoms with Crippen LogP contribution in [0.15, 0.2) is 47.5 Å². The van der Waals surface area contributed by atoms with E-state index in [1.54, 1.807) is 19.2 Å². The number of nitro groups is 1. The Morgan fingerprint density at radius 3 is 2.48 bits per heavy atom. The number of nitrogens with zero attached hydrogens (tertiary/aromatic N) is 2. The van der Waals surface area contributed by atoms with Gasteiger partial charge < -0.3 is 20.1 Å². The van der Waals surface area contributed by atoms with Gasteiger partial charge >= 0.3 is 0 Å². The molecule has 0 fully saturated rings. The SMILES string of the molecule is CCNC(=NCc1ccc([N+](=O)[O-])cc1)Nc1ccc(OC)c(OCC)c1. The summed E-state index contributed by atoms with van der Waals surface area (Å²) < 4.78 is 10.9. The molecule has 0 saturated heterocycles. The van der Waals surface area contributed by atoms with Crippen molar-refractivity contribution in [3.63, 3.8) is 0 Å². The monoisotopic (exact) mass is 372 g/mol. The average molecular weight is 372 g/mol. The summed E-state index contributed by atoms with van der Waals surface area (Å²) >= 11 is 0. The molecule has 2 N–H and O–H groups in total. The van der Waals surface area contributed by atoms with Crippen LogP contribution in [0, 0.1) is 10.1 Å². The number of nitrogens with one attached hydrogen (secondary N) is 2. The third-order valence-corrected chi connectivity index (χ3v) is 3.64. The fourth-order valence-corrected chi connectivity index (χ4v) is 2.36. The molecule has 0 saturated carbocycles. The van der Waals surface area contributed by atoms with Gasteiger partial charge in [0.2, 0.25) is 0 Å². The van der Waals surface area contributed by atoms with Crippen LogP contribution in [0.3, 0.4) is 0 Å². The highest BCUT2D eigenvalue weighted by Crippen LogP contribution is 2.30. The minimum atomic E-state index is -0.418. The Morgan fingerprint density at radius 1 is 1.15 bits per heavy atom. The second-order valence-corrected chi connectivity index (χ2v) is 5.54. The maximum atomic E-state index is 10.7. The van der Waals surface area contributed by atoms with E-state index in [-0.39, 0.29) is 5.69 Å². The lowest BCUT2D eigenvalue weighted by atomic mass is 10.2. The molecule has 0 aliphatic heterocycles. The summed E-state index contributed by atoms with van der Waals surface area (Å²) in [6, 6.07) is 11.9. The lowest BCUT2D eigenvalue weighted by molar-refractivity contribution is -0.384. The molecule has 0 aliphatic carbocycles. The van der Waals surface area contributed by atoms with Crippen molar-refractivity contribution >= 4 is 17.3 Å². The van der Waals surface area contributed by atoms with Gasteiger partial charge in [-0.15, -0.1) is 0 Å². The molecule has 2 aromatic rings. The maximum absolute atomic E-state index is 10.7. The smallest absolute Gasteiger partial charge is 0.269 e. The maximum Gasteiger partial charge on any atom is 0.269 e. The number of nitro benzene ring substituents is 1. The van der Waals surface area contributed by atoms with Gasteiger partial charge in [-0.3, -0.25) is 10.1 Å². The average Bonchev–Trinajstić information content (AvgIpc) is 2.67. The molecule has 8 nitrogen and oxygen atoms in total.